The van der Waals surface area contributed by atoms with Gasteiger partial charge in [-0.1, -0.05) is 11.6 Å². The molecule has 2 aromatic carbocycles. The van der Waals surface area contributed by atoms with Gasteiger partial charge in [0.1, 0.15) is 11.6 Å². The molecule has 1 aliphatic heterocycles. The number of nitrogens with one attached hydrogen (secondary N) is 1. The van der Waals surface area contributed by atoms with E-state index in [1.165, 1.54) is 0 Å². The van der Waals surface area contributed by atoms with E-state index in [9.17, 15) is 9.59 Å². The van der Waals surface area contributed by atoms with Gasteiger partial charge in [-0.25, -0.2) is 9.78 Å². The molecule has 1 fully saturated rings. The van der Waals surface area contributed by atoms with Crippen molar-refractivity contribution >= 4 is 40.3 Å². The van der Waals surface area contributed by atoms with Gasteiger partial charge < -0.3 is 24.3 Å². The van der Waals surface area contributed by atoms with Crippen LogP contribution in [0.2, 0.25) is 5.02 Å². The highest BCUT2D eigenvalue weighted by Crippen LogP contribution is 2.21. The van der Waals surface area contributed by atoms with Crippen LogP contribution in [0.1, 0.15) is 12.7 Å². The van der Waals surface area contributed by atoms with Crippen LogP contribution in [0.3, 0.4) is 0 Å². The molecule has 0 aliphatic carbocycles. The van der Waals surface area contributed by atoms with Crippen molar-refractivity contribution in [3.8, 4) is 5.75 Å². The third-order valence-corrected chi connectivity index (χ3v) is 5.96. The number of nitrogens with zero attached hydrogens (tertiary/aromatic N) is 4. The Morgan fingerprint density at radius 3 is 2.53 bits per heavy atom. The number of hydrogen-bond acceptors (Lipinski definition) is 6. The number of hydrogen-bond donors (Lipinski definition) is 1. The number of imidazole rings is 1. The van der Waals surface area contributed by atoms with Crippen LogP contribution in [-0.4, -0.2) is 70.7 Å². The molecule has 2 heterocycles. The monoisotopic (exact) mass is 485 g/mol. The SMILES string of the molecule is CCOC(=O)N1CCN(Cc2nc3cc(NC(=O)COc4ccc(Cl)cc4)ccc3n2C)CC1. The van der Waals surface area contributed by atoms with Crippen molar-refractivity contribution in [2.45, 2.75) is 13.5 Å². The molecule has 0 spiro atoms. The summed E-state index contributed by atoms with van der Waals surface area (Å²) in [4.78, 5) is 33.0. The summed E-state index contributed by atoms with van der Waals surface area (Å²) in [5.74, 6) is 1.24. The number of anilines is 1. The summed E-state index contributed by atoms with van der Waals surface area (Å²) in [6.45, 7) is 5.56. The number of piperazine rings is 1. The number of rotatable bonds is 7. The summed E-state index contributed by atoms with van der Waals surface area (Å²) >= 11 is 5.86. The van der Waals surface area contributed by atoms with E-state index in [0.717, 1.165) is 29.9 Å². The van der Waals surface area contributed by atoms with Crippen LogP contribution in [-0.2, 0) is 23.1 Å². The van der Waals surface area contributed by atoms with Crippen LogP contribution < -0.4 is 10.1 Å². The number of aryl methyl sites for hydroxylation is 1. The van der Waals surface area contributed by atoms with Gasteiger partial charge in [0.15, 0.2) is 6.61 Å². The van der Waals surface area contributed by atoms with Crippen LogP contribution in [0.5, 0.6) is 5.75 Å². The minimum atomic E-state index is -0.259. The summed E-state index contributed by atoms with van der Waals surface area (Å²) in [6.07, 6.45) is -0.252. The molecule has 1 N–H and O–H groups in total. The molecular formula is C24H28ClN5O4. The molecular weight excluding hydrogens is 458 g/mol. The molecule has 9 nitrogen and oxygen atoms in total. The van der Waals surface area contributed by atoms with Gasteiger partial charge in [-0.15, -0.1) is 0 Å². The lowest BCUT2D eigenvalue weighted by atomic mass is 10.2. The first-order chi connectivity index (χ1) is 16.4. The lowest BCUT2D eigenvalue weighted by Gasteiger charge is -2.33. The predicted molar refractivity (Wildman–Crippen MR) is 130 cm³/mol. The van der Waals surface area contributed by atoms with E-state index in [2.05, 4.69) is 14.8 Å². The second-order valence-corrected chi connectivity index (χ2v) is 8.48. The number of halogens is 1. The Labute approximate surface area is 203 Å². The molecule has 1 aromatic heterocycles. The summed E-state index contributed by atoms with van der Waals surface area (Å²) in [6, 6.07) is 12.5. The minimum Gasteiger partial charge on any atom is -0.484 e. The fourth-order valence-electron chi connectivity index (χ4n) is 3.85. The van der Waals surface area contributed by atoms with Crippen LogP contribution in [0.15, 0.2) is 42.5 Å². The maximum Gasteiger partial charge on any atom is 0.409 e. The lowest BCUT2D eigenvalue weighted by Crippen LogP contribution is -2.48. The molecule has 10 heteroatoms. The average molecular weight is 486 g/mol. The van der Waals surface area contributed by atoms with Crippen molar-refractivity contribution in [1.29, 1.82) is 0 Å². The molecule has 1 saturated heterocycles. The van der Waals surface area contributed by atoms with Gasteiger partial charge in [-0.2, -0.15) is 0 Å². The number of ether oxygens (including phenoxy) is 2. The summed E-state index contributed by atoms with van der Waals surface area (Å²) in [7, 11) is 1.98. The molecule has 0 bridgehead atoms. The van der Waals surface area contributed by atoms with Gasteiger partial charge in [0.2, 0.25) is 0 Å². The van der Waals surface area contributed by atoms with Gasteiger partial charge >= 0.3 is 6.09 Å². The summed E-state index contributed by atoms with van der Waals surface area (Å²) in [5.41, 5.74) is 2.44. The number of fused-ring (bicyclic) bond motifs is 1. The summed E-state index contributed by atoms with van der Waals surface area (Å²) in [5, 5.41) is 3.46. The molecule has 1 aliphatic rings. The summed E-state index contributed by atoms with van der Waals surface area (Å²) < 4.78 is 12.6. The van der Waals surface area contributed by atoms with Gasteiger partial charge in [-0.05, 0) is 49.4 Å². The second-order valence-electron chi connectivity index (χ2n) is 8.04. The zero-order valence-electron chi connectivity index (χ0n) is 19.3. The van der Waals surface area contributed by atoms with Crippen molar-refractivity contribution < 1.29 is 19.1 Å². The first-order valence-electron chi connectivity index (χ1n) is 11.2. The molecule has 180 valence electrons. The smallest absolute Gasteiger partial charge is 0.409 e. The lowest BCUT2D eigenvalue weighted by molar-refractivity contribution is -0.118. The highest BCUT2D eigenvalue weighted by atomic mass is 35.5. The highest BCUT2D eigenvalue weighted by molar-refractivity contribution is 6.30. The second kappa shape index (κ2) is 10.8. The van der Waals surface area contributed by atoms with E-state index >= 15 is 0 Å². The number of carbonyl (C=O) groups is 2. The van der Waals surface area contributed by atoms with E-state index in [1.54, 1.807) is 29.2 Å². The number of aromatic nitrogens is 2. The van der Waals surface area contributed by atoms with Gasteiger partial charge in [-0.3, -0.25) is 9.69 Å². The number of amides is 2. The van der Waals surface area contributed by atoms with Crippen LogP contribution in [0.4, 0.5) is 10.5 Å². The third kappa shape index (κ3) is 5.78. The Hall–Kier alpha value is -3.30. The Balaban J connectivity index is 1.34. The standard InChI is InChI=1S/C24H28ClN5O4/c1-3-33-24(32)30-12-10-29(11-13-30)15-22-27-20-14-18(6-9-21(20)28(22)2)26-23(31)16-34-19-7-4-17(25)5-8-19/h4-9,14H,3,10-13,15-16H2,1-2H3,(H,26,31). The van der Waals surface area contributed by atoms with Crippen LogP contribution >= 0.6 is 11.6 Å². The Kier molecular flexibility index (Phi) is 7.54. The molecule has 0 radical (unpaired) electrons. The predicted octanol–water partition coefficient (Wildman–Crippen LogP) is 3.52. The fourth-order valence-corrected chi connectivity index (χ4v) is 3.97. The topological polar surface area (TPSA) is 88.9 Å². The first kappa shape index (κ1) is 23.8. The highest BCUT2D eigenvalue weighted by Gasteiger charge is 2.23. The maximum atomic E-state index is 12.3. The molecule has 34 heavy (non-hydrogen) atoms. The van der Waals surface area contributed by atoms with E-state index < -0.39 is 0 Å². The van der Waals surface area contributed by atoms with Gasteiger partial charge in [0, 0.05) is 43.9 Å². The molecule has 2 amide bonds. The van der Waals surface area contributed by atoms with Crippen molar-refractivity contribution in [1.82, 2.24) is 19.4 Å². The largest absolute Gasteiger partial charge is 0.484 e. The number of benzene rings is 2. The number of carbonyl (C=O) groups excluding carboxylic acids is 2. The van der Waals surface area contributed by atoms with Crippen LogP contribution in [0, 0.1) is 0 Å². The fraction of sp³-hybridized carbons (Fsp3) is 0.375. The molecule has 0 saturated carbocycles. The molecule has 3 aromatic rings. The maximum absolute atomic E-state index is 12.3. The zero-order valence-corrected chi connectivity index (χ0v) is 20.0. The molecule has 0 atom stereocenters. The van der Waals surface area contributed by atoms with Crippen molar-refractivity contribution in [3.63, 3.8) is 0 Å². The molecule has 0 unspecified atom stereocenters. The Morgan fingerprint density at radius 1 is 1.09 bits per heavy atom. The van der Waals surface area contributed by atoms with Crippen molar-refractivity contribution in [2.75, 3.05) is 44.7 Å². The van der Waals surface area contributed by atoms with Gasteiger partial charge in [0.05, 0.1) is 24.2 Å². The van der Waals surface area contributed by atoms with Gasteiger partial charge in [0.25, 0.3) is 5.91 Å². The van der Waals surface area contributed by atoms with Crippen LogP contribution in [0.25, 0.3) is 11.0 Å². The first-order valence-corrected chi connectivity index (χ1v) is 11.6. The van der Waals surface area contributed by atoms with E-state index in [0.29, 0.717) is 42.7 Å². The third-order valence-electron chi connectivity index (χ3n) is 5.70. The zero-order chi connectivity index (χ0) is 24.1. The Morgan fingerprint density at radius 2 is 1.82 bits per heavy atom. The van der Waals surface area contributed by atoms with E-state index in [1.807, 2.05) is 32.2 Å². The Bertz CT molecular complexity index is 1160. The molecule has 4 rings (SSSR count). The van der Waals surface area contributed by atoms with Crippen molar-refractivity contribution in [2.24, 2.45) is 7.05 Å². The average Bonchev–Trinajstić information content (AvgIpc) is 3.13. The normalized spacial score (nSPS) is 14.3. The quantitative estimate of drug-likeness (QED) is 0.551. The van der Waals surface area contributed by atoms with E-state index in [-0.39, 0.29) is 18.6 Å². The minimum absolute atomic E-state index is 0.106. The van der Waals surface area contributed by atoms with Crippen molar-refractivity contribution in [3.05, 3.63) is 53.3 Å². The van der Waals surface area contributed by atoms with E-state index in [4.69, 9.17) is 26.1 Å².